The standard InChI is InChI=1S/C28H24N2/c1-4-10-22(11-5-1)24-16-18-25(19-17-24)28-20-26(23-12-6-2-7-13-23)21-30(29-28)27-14-8-3-9-15-27/h1-19,26H,20-21H2. The average Bonchev–Trinajstić information content (AvgIpc) is 2.85. The number of hydrazone groups is 1. The van der Waals surface area contributed by atoms with Gasteiger partial charge in [0, 0.05) is 18.9 Å². The largest absolute Gasteiger partial charge is 0.265 e. The number of hydrogen-bond donors (Lipinski definition) is 0. The minimum Gasteiger partial charge on any atom is -0.265 e. The predicted molar refractivity (Wildman–Crippen MR) is 126 cm³/mol. The van der Waals surface area contributed by atoms with Crippen LogP contribution >= 0.6 is 0 Å². The highest BCUT2D eigenvalue weighted by Crippen LogP contribution is 2.31. The molecule has 146 valence electrons. The summed E-state index contributed by atoms with van der Waals surface area (Å²) >= 11 is 0. The molecule has 1 aliphatic heterocycles. The minimum absolute atomic E-state index is 0.410. The van der Waals surface area contributed by atoms with Crippen molar-refractivity contribution in [2.75, 3.05) is 11.6 Å². The molecule has 30 heavy (non-hydrogen) atoms. The third-order valence-electron chi connectivity index (χ3n) is 5.72. The van der Waals surface area contributed by atoms with Crippen LogP contribution in [0.2, 0.25) is 0 Å². The molecule has 4 aromatic carbocycles. The van der Waals surface area contributed by atoms with Gasteiger partial charge in [0.1, 0.15) is 0 Å². The van der Waals surface area contributed by atoms with Crippen molar-refractivity contribution in [3.63, 3.8) is 0 Å². The highest BCUT2D eigenvalue weighted by molar-refractivity contribution is 6.02. The van der Waals surface area contributed by atoms with Crippen molar-refractivity contribution >= 4 is 11.4 Å². The Hall–Kier alpha value is -3.65. The molecular weight excluding hydrogens is 364 g/mol. The Labute approximate surface area is 178 Å². The van der Waals surface area contributed by atoms with Crippen molar-refractivity contribution in [2.24, 2.45) is 5.10 Å². The highest BCUT2D eigenvalue weighted by Gasteiger charge is 2.25. The molecule has 4 aromatic rings. The summed E-state index contributed by atoms with van der Waals surface area (Å²) in [5.74, 6) is 0.410. The zero-order valence-corrected chi connectivity index (χ0v) is 16.9. The molecule has 0 aromatic heterocycles. The Balaban J connectivity index is 1.49. The van der Waals surface area contributed by atoms with Crippen molar-refractivity contribution in [2.45, 2.75) is 12.3 Å². The number of anilines is 1. The van der Waals surface area contributed by atoms with E-state index < -0.39 is 0 Å². The third-order valence-corrected chi connectivity index (χ3v) is 5.72. The van der Waals surface area contributed by atoms with Crippen molar-refractivity contribution < 1.29 is 0 Å². The van der Waals surface area contributed by atoms with E-state index in [2.05, 4.69) is 120 Å². The summed E-state index contributed by atoms with van der Waals surface area (Å²) in [6.45, 7) is 0.889. The molecule has 0 fully saturated rings. The lowest BCUT2D eigenvalue weighted by Crippen LogP contribution is -2.32. The van der Waals surface area contributed by atoms with E-state index in [0.717, 1.165) is 24.4 Å². The van der Waals surface area contributed by atoms with E-state index in [-0.39, 0.29) is 0 Å². The van der Waals surface area contributed by atoms with Gasteiger partial charge >= 0.3 is 0 Å². The Morgan fingerprint density at radius 3 is 1.77 bits per heavy atom. The molecule has 0 spiro atoms. The van der Waals surface area contributed by atoms with Gasteiger partial charge in [0.15, 0.2) is 0 Å². The van der Waals surface area contributed by atoms with Crippen molar-refractivity contribution in [1.82, 2.24) is 0 Å². The monoisotopic (exact) mass is 388 g/mol. The molecule has 0 radical (unpaired) electrons. The van der Waals surface area contributed by atoms with Gasteiger partial charge in [-0.1, -0.05) is 103 Å². The van der Waals surface area contributed by atoms with Crippen LogP contribution in [0.5, 0.6) is 0 Å². The van der Waals surface area contributed by atoms with E-state index in [1.54, 1.807) is 0 Å². The molecule has 1 heterocycles. The second-order valence-corrected chi connectivity index (χ2v) is 7.72. The first-order valence-corrected chi connectivity index (χ1v) is 10.5. The number of rotatable bonds is 4. The van der Waals surface area contributed by atoms with Crippen LogP contribution < -0.4 is 5.01 Å². The van der Waals surface area contributed by atoms with E-state index >= 15 is 0 Å². The number of para-hydroxylation sites is 1. The van der Waals surface area contributed by atoms with Crippen LogP contribution in [-0.4, -0.2) is 12.3 Å². The summed E-state index contributed by atoms with van der Waals surface area (Å²) in [5.41, 5.74) is 7.30. The third kappa shape index (κ3) is 3.90. The number of hydrogen-bond acceptors (Lipinski definition) is 2. The Bertz CT molecular complexity index is 1120. The highest BCUT2D eigenvalue weighted by atomic mass is 15.5. The first kappa shape index (κ1) is 18.4. The van der Waals surface area contributed by atoms with Crippen LogP contribution in [0, 0.1) is 0 Å². The molecule has 0 amide bonds. The molecule has 0 saturated carbocycles. The van der Waals surface area contributed by atoms with Gasteiger partial charge in [-0.05, 0) is 34.4 Å². The lowest BCUT2D eigenvalue weighted by atomic mass is 9.89. The lowest BCUT2D eigenvalue weighted by molar-refractivity contribution is 0.646. The van der Waals surface area contributed by atoms with E-state index in [4.69, 9.17) is 5.10 Å². The maximum Gasteiger partial charge on any atom is 0.0688 e. The van der Waals surface area contributed by atoms with E-state index in [1.165, 1.54) is 22.3 Å². The van der Waals surface area contributed by atoms with Gasteiger partial charge in [-0.2, -0.15) is 5.10 Å². The van der Waals surface area contributed by atoms with Gasteiger partial charge in [0.2, 0.25) is 0 Å². The Kier molecular flexibility index (Phi) is 5.14. The van der Waals surface area contributed by atoms with Crippen LogP contribution in [0.3, 0.4) is 0 Å². The van der Waals surface area contributed by atoms with Gasteiger partial charge < -0.3 is 0 Å². The van der Waals surface area contributed by atoms with Crippen LogP contribution in [0.4, 0.5) is 5.69 Å². The molecule has 5 rings (SSSR count). The molecule has 1 unspecified atom stereocenters. The van der Waals surface area contributed by atoms with Crippen LogP contribution in [0.25, 0.3) is 11.1 Å². The second-order valence-electron chi connectivity index (χ2n) is 7.72. The van der Waals surface area contributed by atoms with E-state index in [1.807, 2.05) is 0 Å². The normalized spacial score (nSPS) is 16.2. The SMILES string of the molecule is c1ccc(-c2ccc(C3=NN(c4ccccc4)CC(c4ccccc4)C3)cc2)cc1. The van der Waals surface area contributed by atoms with Gasteiger partial charge in [0.05, 0.1) is 11.4 Å². The molecule has 0 N–H and O–H groups in total. The fraction of sp³-hybridized carbons (Fsp3) is 0.107. The topological polar surface area (TPSA) is 15.6 Å². The Morgan fingerprint density at radius 1 is 0.567 bits per heavy atom. The molecule has 2 heteroatoms. The molecule has 2 nitrogen and oxygen atoms in total. The first-order valence-electron chi connectivity index (χ1n) is 10.5. The second kappa shape index (κ2) is 8.38. The van der Waals surface area contributed by atoms with Crippen LogP contribution in [-0.2, 0) is 0 Å². The quantitative estimate of drug-likeness (QED) is 0.377. The summed E-state index contributed by atoms with van der Waals surface area (Å²) in [4.78, 5) is 0. The predicted octanol–water partition coefficient (Wildman–Crippen LogP) is 6.75. The number of nitrogens with zero attached hydrogens (tertiary/aromatic N) is 2. The van der Waals surface area contributed by atoms with E-state index in [0.29, 0.717) is 5.92 Å². The lowest BCUT2D eigenvalue weighted by Gasteiger charge is -2.32. The maximum atomic E-state index is 5.05. The molecule has 0 aliphatic carbocycles. The van der Waals surface area contributed by atoms with Gasteiger partial charge in [-0.15, -0.1) is 0 Å². The van der Waals surface area contributed by atoms with Gasteiger partial charge in [-0.3, -0.25) is 5.01 Å². The molecule has 0 bridgehead atoms. The molecule has 0 saturated heterocycles. The summed E-state index contributed by atoms with van der Waals surface area (Å²) in [6.07, 6.45) is 0.942. The summed E-state index contributed by atoms with van der Waals surface area (Å²) in [5, 5.41) is 7.20. The van der Waals surface area contributed by atoms with E-state index in [9.17, 15) is 0 Å². The van der Waals surface area contributed by atoms with Gasteiger partial charge in [0.25, 0.3) is 0 Å². The zero-order valence-electron chi connectivity index (χ0n) is 16.9. The van der Waals surface area contributed by atoms with Crippen LogP contribution in [0.15, 0.2) is 120 Å². The average molecular weight is 389 g/mol. The summed E-state index contributed by atoms with van der Waals surface area (Å²) in [6, 6.07) is 40.6. The minimum atomic E-state index is 0.410. The smallest absolute Gasteiger partial charge is 0.0688 e. The maximum absolute atomic E-state index is 5.05. The fourth-order valence-electron chi connectivity index (χ4n) is 4.11. The zero-order chi connectivity index (χ0) is 20.2. The molecule has 1 atom stereocenters. The Morgan fingerprint density at radius 2 is 1.10 bits per heavy atom. The fourth-order valence-corrected chi connectivity index (χ4v) is 4.11. The summed E-state index contributed by atoms with van der Waals surface area (Å²) in [7, 11) is 0. The molecular formula is C28H24N2. The van der Waals surface area contributed by atoms with Crippen molar-refractivity contribution in [1.29, 1.82) is 0 Å². The van der Waals surface area contributed by atoms with Crippen molar-refractivity contribution in [3.8, 4) is 11.1 Å². The number of benzene rings is 4. The molecule has 1 aliphatic rings. The summed E-state index contributed by atoms with van der Waals surface area (Å²) < 4.78 is 0. The first-order chi connectivity index (χ1) is 14.9. The van der Waals surface area contributed by atoms with Gasteiger partial charge in [-0.25, -0.2) is 0 Å². The van der Waals surface area contributed by atoms with Crippen LogP contribution in [0.1, 0.15) is 23.5 Å². The van der Waals surface area contributed by atoms with Crippen molar-refractivity contribution in [3.05, 3.63) is 126 Å².